The summed E-state index contributed by atoms with van der Waals surface area (Å²) in [6, 6.07) is 0. The van der Waals surface area contributed by atoms with Crippen LogP contribution in [0.4, 0.5) is 0 Å². The van der Waals surface area contributed by atoms with Crippen LogP contribution in [0.1, 0.15) is 245 Å². The van der Waals surface area contributed by atoms with Crippen molar-refractivity contribution < 1.29 is 28.6 Å². The zero-order valence-corrected chi connectivity index (χ0v) is 36.0. The molecule has 0 aliphatic rings. The normalized spacial score (nSPS) is 12.1. The minimum atomic E-state index is -0.772. The van der Waals surface area contributed by atoms with Crippen molar-refractivity contribution >= 4 is 17.9 Å². The van der Waals surface area contributed by atoms with E-state index in [9.17, 15) is 14.4 Å². The van der Waals surface area contributed by atoms with E-state index in [2.05, 4.69) is 45.1 Å². The first-order valence-electron chi connectivity index (χ1n) is 23.3. The number of ether oxygens (including phenoxy) is 3. The van der Waals surface area contributed by atoms with Crippen molar-refractivity contribution in [2.75, 3.05) is 13.2 Å². The van der Waals surface area contributed by atoms with Gasteiger partial charge in [0.15, 0.2) is 6.10 Å². The maximum atomic E-state index is 12.7. The Morgan fingerprint density at radius 2 is 0.611 bits per heavy atom. The Kier molecular flexibility index (Phi) is 41.9. The van der Waals surface area contributed by atoms with Gasteiger partial charge in [-0.3, -0.25) is 14.4 Å². The first-order chi connectivity index (χ1) is 26.5. The lowest BCUT2D eigenvalue weighted by Crippen LogP contribution is -2.30. The molecule has 0 spiro atoms. The van der Waals surface area contributed by atoms with E-state index in [-0.39, 0.29) is 31.1 Å². The van der Waals surface area contributed by atoms with Gasteiger partial charge in [0.05, 0.1) is 0 Å². The van der Waals surface area contributed by atoms with Crippen LogP contribution in [0.5, 0.6) is 0 Å². The number of carbonyl (C=O) groups is 3. The Hall–Kier alpha value is -2.11. The van der Waals surface area contributed by atoms with Gasteiger partial charge in [-0.15, -0.1) is 0 Å². The van der Waals surface area contributed by atoms with Crippen molar-refractivity contribution in [1.29, 1.82) is 0 Å². The number of allylic oxidation sites excluding steroid dienone is 4. The van der Waals surface area contributed by atoms with Crippen LogP contribution in [0.25, 0.3) is 0 Å². The zero-order valence-electron chi connectivity index (χ0n) is 36.0. The predicted octanol–water partition coefficient (Wildman–Crippen LogP) is 14.8. The number of rotatable bonds is 42. The van der Waals surface area contributed by atoms with Crippen molar-refractivity contribution in [2.24, 2.45) is 0 Å². The molecule has 0 rings (SSSR count). The van der Waals surface area contributed by atoms with Gasteiger partial charge in [0, 0.05) is 19.3 Å². The van der Waals surface area contributed by atoms with Crippen LogP contribution in [0.3, 0.4) is 0 Å². The summed E-state index contributed by atoms with van der Waals surface area (Å²) in [5, 5.41) is 0. The van der Waals surface area contributed by atoms with E-state index in [1.54, 1.807) is 0 Å². The molecule has 316 valence electrons. The Balaban J connectivity index is 4.38. The molecule has 6 heteroatoms. The van der Waals surface area contributed by atoms with Gasteiger partial charge in [0.25, 0.3) is 0 Å². The van der Waals surface area contributed by atoms with E-state index in [1.165, 1.54) is 135 Å². The van der Waals surface area contributed by atoms with Crippen LogP contribution >= 0.6 is 0 Å². The van der Waals surface area contributed by atoms with Crippen molar-refractivity contribution in [3.63, 3.8) is 0 Å². The molecule has 0 aromatic heterocycles. The van der Waals surface area contributed by atoms with Gasteiger partial charge >= 0.3 is 17.9 Å². The quantitative estimate of drug-likeness (QED) is 0.0267. The second-order valence-electron chi connectivity index (χ2n) is 15.7. The van der Waals surface area contributed by atoms with E-state index in [1.807, 2.05) is 0 Å². The molecule has 1 unspecified atom stereocenters. The highest BCUT2D eigenvalue weighted by molar-refractivity contribution is 5.71. The molecule has 0 fully saturated rings. The van der Waals surface area contributed by atoms with Gasteiger partial charge in [-0.05, 0) is 70.6 Å². The van der Waals surface area contributed by atoms with E-state index in [4.69, 9.17) is 14.2 Å². The molecule has 0 N–H and O–H groups in total. The average Bonchev–Trinajstić information content (AvgIpc) is 3.17. The van der Waals surface area contributed by atoms with Crippen molar-refractivity contribution in [2.45, 2.75) is 252 Å². The molecule has 0 radical (unpaired) electrons. The maximum Gasteiger partial charge on any atom is 0.306 e. The summed E-state index contributed by atoms with van der Waals surface area (Å²) < 4.78 is 16.7. The van der Waals surface area contributed by atoms with Gasteiger partial charge in [0.1, 0.15) is 13.2 Å². The molecular formula is C48H88O6. The average molecular weight is 761 g/mol. The summed E-state index contributed by atoms with van der Waals surface area (Å²) in [6.07, 6.45) is 47.2. The summed E-state index contributed by atoms with van der Waals surface area (Å²) in [7, 11) is 0. The fourth-order valence-electron chi connectivity index (χ4n) is 6.61. The number of esters is 3. The summed E-state index contributed by atoms with van der Waals surface area (Å²) in [4.78, 5) is 37.7. The van der Waals surface area contributed by atoms with Crippen molar-refractivity contribution in [1.82, 2.24) is 0 Å². The molecule has 0 heterocycles. The third kappa shape index (κ3) is 41.1. The van der Waals surface area contributed by atoms with Gasteiger partial charge in [-0.1, -0.05) is 180 Å². The van der Waals surface area contributed by atoms with Crippen molar-refractivity contribution in [3.8, 4) is 0 Å². The number of unbranched alkanes of at least 4 members (excludes halogenated alkanes) is 27. The molecule has 0 bridgehead atoms. The summed E-state index contributed by atoms with van der Waals surface area (Å²) in [5.41, 5.74) is 0. The second-order valence-corrected chi connectivity index (χ2v) is 15.7. The highest BCUT2D eigenvalue weighted by Gasteiger charge is 2.19. The predicted molar refractivity (Wildman–Crippen MR) is 229 cm³/mol. The standard InChI is InChI=1S/C48H88O6/c1-4-7-10-13-16-19-22-25-28-31-34-37-40-46(49)52-43-45(54-48(51)42-39-36-33-30-27-24-21-18-15-12-9-6-3)44-53-47(50)41-38-35-32-29-26-23-20-17-14-11-8-5-2/h16,18-19,21,45H,4-15,17,20,22-44H2,1-3H3/b19-16-,21-18-. The second kappa shape index (κ2) is 43.6. The number of carbonyl (C=O) groups excluding carboxylic acids is 3. The Morgan fingerprint density at radius 1 is 0.352 bits per heavy atom. The molecule has 0 saturated heterocycles. The minimum Gasteiger partial charge on any atom is -0.462 e. The molecule has 0 aliphatic carbocycles. The Labute approximate surface area is 334 Å². The molecular weight excluding hydrogens is 673 g/mol. The van der Waals surface area contributed by atoms with Crippen LogP contribution in [0, 0.1) is 0 Å². The smallest absolute Gasteiger partial charge is 0.306 e. The highest BCUT2D eigenvalue weighted by atomic mass is 16.6. The lowest BCUT2D eigenvalue weighted by Gasteiger charge is -2.18. The molecule has 0 saturated carbocycles. The molecule has 0 aliphatic heterocycles. The van der Waals surface area contributed by atoms with E-state index < -0.39 is 6.10 Å². The van der Waals surface area contributed by atoms with Gasteiger partial charge < -0.3 is 14.2 Å². The SMILES string of the molecule is CCCCC/C=C\CCCCCCCC(=O)OCC(COC(=O)CCCCCCCCCCCCCC)OC(=O)CCCCCCC/C=C\CCCCC. The number of hydrogen-bond acceptors (Lipinski definition) is 6. The molecule has 54 heavy (non-hydrogen) atoms. The van der Waals surface area contributed by atoms with Crippen LogP contribution in [0.15, 0.2) is 24.3 Å². The summed E-state index contributed by atoms with van der Waals surface area (Å²) in [6.45, 7) is 6.57. The van der Waals surface area contributed by atoms with Crippen LogP contribution in [0.2, 0.25) is 0 Å². The first kappa shape index (κ1) is 51.9. The third-order valence-corrected chi connectivity index (χ3v) is 10.2. The van der Waals surface area contributed by atoms with Gasteiger partial charge in [-0.2, -0.15) is 0 Å². The molecule has 0 aromatic carbocycles. The lowest BCUT2D eigenvalue weighted by atomic mass is 10.0. The molecule has 6 nitrogen and oxygen atoms in total. The molecule has 1 atom stereocenters. The van der Waals surface area contributed by atoms with E-state index in [0.29, 0.717) is 19.3 Å². The third-order valence-electron chi connectivity index (χ3n) is 10.2. The Morgan fingerprint density at radius 3 is 0.963 bits per heavy atom. The Bertz CT molecular complexity index is 880. The fraction of sp³-hybridized carbons (Fsp3) is 0.854. The molecule has 0 aromatic rings. The van der Waals surface area contributed by atoms with E-state index >= 15 is 0 Å². The van der Waals surface area contributed by atoms with Gasteiger partial charge in [-0.25, -0.2) is 0 Å². The van der Waals surface area contributed by atoms with E-state index in [0.717, 1.165) is 70.6 Å². The first-order valence-corrected chi connectivity index (χ1v) is 23.3. The lowest BCUT2D eigenvalue weighted by molar-refractivity contribution is -0.167. The van der Waals surface area contributed by atoms with Crippen LogP contribution < -0.4 is 0 Å². The van der Waals surface area contributed by atoms with Gasteiger partial charge in [0.2, 0.25) is 0 Å². The topological polar surface area (TPSA) is 78.9 Å². The van der Waals surface area contributed by atoms with Crippen LogP contribution in [-0.4, -0.2) is 37.2 Å². The maximum absolute atomic E-state index is 12.7. The summed E-state index contributed by atoms with van der Waals surface area (Å²) >= 11 is 0. The highest BCUT2D eigenvalue weighted by Crippen LogP contribution is 2.14. The number of hydrogen-bond donors (Lipinski definition) is 0. The minimum absolute atomic E-state index is 0.0743. The monoisotopic (exact) mass is 761 g/mol. The van der Waals surface area contributed by atoms with Crippen molar-refractivity contribution in [3.05, 3.63) is 24.3 Å². The van der Waals surface area contributed by atoms with Crippen LogP contribution in [-0.2, 0) is 28.6 Å². The summed E-state index contributed by atoms with van der Waals surface area (Å²) in [5.74, 6) is -0.888. The fourth-order valence-corrected chi connectivity index (χ4v) is 6.61. The zero-order chi connectivity index (χ0) is 39.4. The molecule has 0 amide bonds. The largest absolute Gasteiger partial charge is 0.462 e.